The van der Waals surface area contributed by atoms with E-state index in [1.54, 1.807) is 0 Å². The molecule has 0 atom stereocenters. The average molecular weight is 211 g/mol. The van der Waals surface area contributed by atoms with Crippen LogP contribution in [-0.2, 0) is 6.42 Å². The standard InChI is InChI=1S/C9H17N5O/c1-9(2,3)13-8(10)11-5-4-7-12-6-15-14-7/h6H,4-5H2,1-3H3,(H3,10,11,13). The van der Waals surface area contributed by atoms with E-state index in [1.165, 1.54) is 6.39 Å². The van der Waals surface area contributed by atoms with E-state index >= 15 is 0 Å². The van der Waals surface area contributed by atoms with Crippen LogP contribution in [0.2, 0.25) is 0 Å². The quantitative estimate of drug-likeness (QED) is 0.555. The fourth-order valence-electron chi connectivity index (χ4n) is 1.00. The summed E-state index contributed by atoms with van der Waals surface area (Å²) >= 11 is 0. The molecule has 1 rings (SSSR count). The zero-order valence-electron chi connectivity index (χ0n) is 9.32. The third-order valence-corrected chi connectivity index (χ3v) is 1.53. The summed E-state index contributed by atoms with van der Waals surface area (Å²) < 4.78 is 4.60. The van der Waals surface area contributed by atoms with Crippen LogP contribution >= 0.6 is 0 Å². The molecule has 84 valence electrons. The molecule has 0 aliphatic heterocycles. The molecule has 0 amide bonds. The molecule has 1 aromatic heterocycles. The molecule has 0 aromatic carbocycles. The highest BCUT2D eigenvalue weighted by Gasteiger charge is 2.09. The molecule has 6 nitrogen and oxygen atoms in total. The monoisotopic (exact) mass is 211 g/mol. The van der Waals surface area contributed by atoms with Gasteiger partial charge in [-0.2, -0.15) is 4.98 Å². The minimum Gasteiger partial charge on any atom is -0.370 e. The van der Waals surface area contributed by atoms with E-state index in [1.807, 2.05) is 20.8 Å². The summed E-state index contributed by atoms with van der Waals surface area (Å²) in [6.07, 6.45) is 1.93. The highest BCUT2D eigenvalue weighted by molar-refractivity contribution is 5.78. The van der Waals surface area contributed by atoms with Crippen LogP contribution < -0.4 is 11.1 Å². The summed E-state index contributed by atoms with van der Waals surface area (Å²) in [4.78, 5) is 8.03. The first-order valence-corrected chi connectivity index (χ1v) is 4.81. The molecular weight excluding hydrogens is 194 g/mol. The topological polar surface area (TPSA) is 89.3 Å². The van der Waals surface area contributed by atoms with Gasteiger partial charge in [-0.25, -0.2) is 0 Å². The third-order valence-electron chi connectivity index (χ3n) is 1.53. The van der Waals surface area contributed by atoms with Gasteiger partial charge in [0.1, 0.15) is 0 Å². The van der Waals surface area contributed by atoms with Crippen molar-refractivity contribution in [2.45, 2.75) is 32.7 Å². The fourth-order valence-corrected chi connectivity index (χ4v) is 1.00. The molecule has 0 spiro atoms. The van der Waals surface area contributed by atoms with Crippen molar-refractivity contribution in [3.63, 3.8) is 0 Å². The van der Waals surface area contributed by atoms with Crippen LogP contribution in [0.4, 0.5) is 0 Å². The van der Waals surface area contributed by atoms with Crippen LogP contribution in [0, 0.1) is 0 Å². The van der Waals surface area contributed by atoms with Gasteiger partial charge in [-0.05, 0) is 20.8 Å². The second kappa shape index (κ2) is 4.77. The molecule has 1 heterocycles. The molecule has 0 fully saturated rings. The lowest BCUT2D eigenvalue weighted by Crippen LogP contribution is -2.45. The number of aromatic nitrogens is 2. The van der Waals surface area contributed by atoms with Gasteiger partial charge in [-0.15, -0.1) is 0 Å². The lowest BCUT2D eigenvalue weighted by Gasteiger charge is -2.20. The van der Waals surface area contributed by atoms with Crippen LogP contribution in [0.1, 0.15) is 26.6 Å². The summed E-state index contributed by atoms with van der Waals surface area (Å²) in [6.45, 7) is 6.62. The molecule has 0 saturated carbocycles. The van der Waals surface area contributed by atoms with E-state index in [0.717, 1.165) is 0 Å². The van der Waals surface area contributed by atoms with E-state index < -0.39 is 0 Å². The Kier molecular flexibility index (Phi) is 3.65. The normalized spacial score (nSPS) is 12.9. The van der Waals surface area contributed by atoms with Gasteiger partial charge in [-0.1, -0.05) is 5.16 Å². The number of aliphatic imine (C=N–C) groups is 1. The molecule has 0 saturated heterocycles. The molecule has 0 unspecified atom stereocenters. The highest BCUT2D eigenvalue weighted by Crippen LogP contribution is 1.97. The average Bonchev–Trinajstić information content (AvgIpc) is 2.53. The lowest BCUT2D eigenvalue weighted by atomic mass is 10.1. The second-order valence-electron chi connectivity index (χ2n) is 4.24. The summed E-state index contributed by atoms with van der Waals surface area (Å²) in [7, 11) is 0. The first kappa shape index (κ1) is 11.5. The van der Waals surface area contributed by atoms with Crippen LogP contribution in [0.3, 0.4) is 0 Å². The van der Waals surface area contributed by atoms with E-state index in [9.17, 15) is 0 Å². The predicted octanol–water partition coefficient (Wildman–Crippen LogP) is 0.315. The number of hydrogen-bond acceptors (Lipinski definition) is 4. The lowest BCUT2D eigenvalue weighted by molar-refractivity contribution is 0.410. The highest BCUT2D eigenvalue weighted by atomic mass is 16.5. The Balaban J connectivity index is 2.32. The summed E-state index contributed by atoms with van der Waals surface area (Å²) in [5, 5.41) is 6.73. The molecule has 3 N–H and O–H groups in total. The van der Waals surface area contributed by atoms with Gasteiger partial charge in [0, 0.05) is 18.5 Å². The van der Waals surface area contributed by atoms with E-state index in [4.69, 9.17) is 5.73 Å². The van der Waals surface area contributed by atoms with Gasteiger partial charge in [0.2, 0.25) is 6.39 Å². The number of nitrogens with zero attached hydrogens (tertiary/aromatic N) is 3. The molecule has 0 bridgehead atoms. The fraction of sp³-hybridized carbons (Fsp3) is 0.667. The van der Waals surface area contributed by atoms with Crippen molar-refractivity contribution >= 4 is 5.96 Å². The first-order valence-electron chi connectivity index (χ1n) is 4.81. The maximum atomic E-state index is 5.67. The third kappa shape index (κ3) is 4.99. The Morgan fingerprint density at radius 3 is 2.87 bits per heavy atom. The van der Waals surface area contributed by atoms with Gasteiger partial charge in [0.25, 0.3) is 0 Å². The van der Waals surface area contributed by atoms with Gasteiger partial charge < -0.3 is 15.6 Å². The number of guanidine groups is 1. The summed E-state index contributed by atoms with van der Waals surface area (Å²) in [5.41, 5.74) is 5.60. The molecular formula is C9H17N5O. The van der Waals surface area contributed by atoms with Gasteiger partial charge >= 0.3 is 0 Å². The Bertz CT molecular complexity index is 312. The van der Waals surface area contributed by atoms with Crippen LogP contribution in [0.5, 0.6) is 0 Å². The van der Waals surface area contributed by atoms with Crippen molar-refractivity contribution in [2.75, 3.05) is 6.54 Å². The largest absolute Gasteiger partial charge is 0.370 e. The van der Waals surface area contributed by atoms with Gasteiger partial charge in [-0.3, -0.25) is 4.99 Å². The zero-order valence-corrected chi connectivity index (χ0v) is 9.32. The first-order chi connectivity index (χ1) is 6.97. The molecule has 6 heteroatoms. The van der Waals surface area contributed by atoms with Crippen LogP contribution in [0.25, 0.3) is 0 Å². The Labute approximate surface area is 89.0 Å². The Morgan fingerprint density at radius 1 is 1.60 bits per heavy atom. The van der Waals surface area contributed by atoms with Crippen LogP contribution in [0.15, 0.2) is 15.9 Å². The maximum absolute atomic E-state index is 5.67. The number of nitrogens with one attached hydrogen (secondary N) is 1. The number of hydrogen-bond donors (Lipinski definition) is 2. The van der Waals surface area contributed by atoms with Gasteiger partial charge in [0.05, 0.1) is 0 Å². The van der Waals surface area contributed by atoms with Crippen molar-refractivity contribution in [3.8, 4) is 0 Å². The minimum atomic E-state index is -0.0697. The predicted molar refractivity (Wildman–Crippen MR) is 57.4 cm³/mol. The summed E-state index contributed by atoms with van der Waals surface area (Å²) in [5.74, 6) is 1.08. The molecule has 0 aliphatic carbocycles. The summed E-state index contributed by atoms with van der Waals surface area (Å²) in [6, 6.07) is 0. The van der Waals surface area contributed by atoms with Crippen molar-refractivity contribution in [1.29, 1.82) is 0 Å². The van der Waals surface area contributed by atoms with Crippen molar-refractivity contribution in [3.05, 3.63) is 12.2 Å². The van der Waals surface area contributed by atoms with Gasteiger partial charge in [0.15, 0.2) is 11.8 Å². The SMILES string of the molecule is CC(C)(C)NC(N)=NCCc1ncon1. The van der Waals surface area contributed by atoms with E-state index in [0.29, 0.717) is 24.7 Å². The maximum Gasteiger partial charge on any atom is 0.213 e. The van der Waals surface area contributed by atoms with Crippen molar-refractivity contribution in [1.82, 2.24) is 15.5 Å². The number of nitrogens with two attached hydrogens (primary N) is 1. The smallest absolute Gasteiger partial charge is 0.213 e. The Hall–Kier alpha value is -1.59. The molecule has 0 radical (unpaired) electrons. The molecule has 1 aromatic rings. The van der Waals surface area contributed by atoms with Crippen molar-refractivity contribution < 1.29 is 4.52 Å². The van der Waals surface area contributed by atoms with Crippen molar-refractivity contribution in [2.24, 2.45) is 10.7 Å². The minimum absolute atomic E-state index is 0.0697. The number of rotatable bonds is 3. The zero-order chi connectivity index (χ0) is 11.3. The van der Waals surface area contributed by atoms with E-state index in [2.05, 4.69) is 25.0 Å². The second-order valence-corrected chi connectivity index (χ2v) is 4.24. The Morgan fingerprint density at radius 2 is 2.33 bits per heavy atom. The molecule has 0 aliphatic rings. The molecule has 15 heavy (non-hydrogen) atoms. The van der Waals surface area contributed by atoms with Crippen LogP contribution in [-0.4, -0.2) is 28.2 Å². The van der Waals surface area contributed by atoms with E-state index in [-0.39, 0.29) is 5.54 Å².